The first-order valence-electron chi connectivity index (χ1n) is 8.09. The molecule has 0 unspecified atom stereocenters. The fourth-order valence-corrected chi connectivity index (χ4v) is 3.18. The summed E-state index contributed by atoms with van der Waals surface area (Å²) in [6.45, 7) is 7.83. The number of anilines is 1. The number of nitrogens with zero attached hydrogens (tertiary/aromatic N) is 4. The van der Waals surface area contributed by atoms with Gasteiger partial charge in [-0.05, 0) is 49.7 Å². The molecule has 4 aromatic rings. The maximum Gasteiger partial charge on any atom is 0.403 e. The molecule has 0 saturated heterocycles. The molecule has 0 aliphatic rings. The number of rotatable bonds is 1. The molecule has 0 radical (unpaired) electrons. The van der Waals surface area contributed by atoms with Crippen molar-refractivity contribution in [2.45, 2.75) is 27.7 Å². The summed E-state index contributed by atoms with van der Waals surface area (Å²) in [7, 11) is 0. The van der Waals surface area contributed by atoms with Crippen LogP contribution in [-0.2, 0) is 0 Å². The number of amides is 1. The monoisotopic (exact) mass is 335 g/mol. The minimum absolute atomic E-state index is 0.310. The van der Waals surface area contributed by atoms with Crippen LogP contribution in [0.15, 0.2) is 30.3 Å². The molecule has 0 aliphatic heterocycles. The van der Waals surface area contributed by atoms with Gasteiger partial charge in [0.25, 0.3) is 0 Å². The van der Waals surface area contributed by atoms with Crippen molar-refractivity contribution < 1.29 is 9.31 Å². The van der Waals surface area contributed by atoms with Gasteiger partial charge in [-0.1, -0.05) is 0 Å². The molecule has 3 aromatic heterocycles. The average Bonchev–Trinajstić information content (AvgIpc) is 3.09. The Kier molecular flexibility index (Phi) is 3.31. The largest absolute Gasteiger partial charge is 0.403 e. The Hall–Kier alpha value is -3.22. The number of H-pyrrole nitrogens is 1. The minimum Gasteiger partial charge on any atom is -0.302 e. The second-order valence-electron chi connectivity index (χ2n) is 6.35. The zero-order valence-electron chi connectivity index (χ0n) is 14.6. The van der Waals surface area contributed by atoms with Gasteiger partial charge in [-0.2, -0.15) is 5.10 Å². The highest BCUT2D eigenvalue weighted by Crippen LogP contribution is 2.20. The number of aromatic nitrogens is 5. The van der Waals surface area contributed by atoms with Crippen LogP contribution in [0.5, 0.6) is 0 Å². The van der Waals surface area contributed by atoms with Gasteiger partial charge >= 0.3 is 6.03 Å². The fourth-order valence-electron chi connectivity index (χ4n) is 3.18. The van der Waals surface area contributed by atoms with Gasteiger partial charge in [0.05, 0.1) is 21.1 Å². The molecular formula is C18H19N6O+. The lowest BCUT2D eigenvalue weighted by molar-refractivity contribution is -0.607. The number of pyridine rings is 1. The van der Waals surface area contributed by atoms with Crippen molar-refractivity contribution in [2.75, 3.05) is 5.32 Å². The quantitative estimate of drug-likeness (QED) is 0.525. The van der Waals surface area contributed by atoms with E-state index >= 15 is 0 Å². The molecule has 1 amide bonds. The summed E-state index contributed by atoms with van der Waals surface area (Å²) in [4.78, 5) is 14.1. The summed E-state index contributed by atoms with van der Waals surface area (Å²) >= 11 is 0. The maximum atomic E-state index is 12.8. The molecular weight excluding hydrogens is 316 g/mol. The van der Waals surface area contributed by atoms with Crippen LogP contribution in [0.25, 0.3) is 16.4 Å². The van der Waals surface area contributed by atoms with E-state index in [0.717, 1.165) is 39.1 Å². The van der Waals surface area contributed by atoms with Crippen molar-refractivity contribution in [3.8, 4) is 0 Å². The number of carbonyl (C=O) groups excluding carboxylic acids is 1. The summed E-state index contributed by atoms with van der Waals surface area (Å²) < 4.78 is 1.82. The van der Waals surface area contributed by atoms with Crippen molar-refractivity contribution in [1.29, 1.82) is 0 Å². The second-order valence-corrected chi connectivity index (χ2v) is 6.35. The maximum absolute atomic E-state index is 12.8. The molecule has 0 spiro atoms. The zero-order valence-corrected chi connectivity index (χ0v) is 14.6. The summed E-state index contributed by atoms with van der Waals surface area (Å²) in [5.74, 6) is 0. The van der Waals surface area contributed by atoms with E-state index in [1.165, 1.54) is 4.80 Å². The van der Waals surface area contributed by atoms with E-state index in [1.807, 2.05) is 62.5 Å². The van der Waals surface area contributed by atoms with E-state index in [-0.39, 0.29) is 6.03 Å². The third-order valence-electron chi connectivity index (χ3n) is 4.35. The number of hydrogen-bond acceptors (Lipinski definition) is 3. The number of aryl methyl sites for hydroxylation is 4. The summed E-state index contributed by atoms with van der Waals surface area (Å²) in [5, 5.41) is 15.4. The van der Waals surface area contributed by atoms with Crippen molar-refractivity contribution in [3.05, 3.63) is 53.0 Å². The molecule has 0 atom stereocenters. The van der Waals surface area contributed by atoms with Gasteiger partial charge in [0.15, 0.2) is 0 Å². The molecule has 126 valence electrons. The standard InChI is InChI=1S/C18H18N6O/c1-10-7-11(2)23-17(8-10)13(4)22-24(23)18(25)19-14-5-6-16-15(9-14)12(3)20-21-16/h5-9,22H,1-4H3/p+1. The van der Waals surface area contributed by atoms with Crippen LogP contribution in [0.3, 0.4) is 0 Å². The highest BCUT2D eigenvalue weighted by Gasteiger charge is 2.24. The molecule has 3 heterocycles. The Morgan fingerprint density at radius 3 is 2.72 bits per heavy atom. The smallest absolute Gasteiger partial charge is 0.302 e. The lowest BCUT2D eigenvalue weighted by Gasteiger charge is -2.04. The van der Waals surface area contributed by atoms with E-state index in [0.29, 0.717) is 5.69 Å². The van der Waals surface area contributed by atoms with E-state index < -0.39 is 0 Å². The second kappa shape index (κ2) is 5.41. The average molecular weight is 335 g/mol. The van der Waals surface area contributed by atoms with Crippen molar-refractivity contribution in [1.82, 2.24) is 20.1 Å². The van der Waals surface area contributed by atoms with Crippen molar-refractivity contribution >= 4 is 28.1 Å². The lowest BCUT2D eigenvalue weighted by Crippen LogP contribution is -2.42. The summed E-state index contributed by atoms with van der Waals surface area (Å²) in [5.41, 5.74) is 6.36. The van der Waals surface area contributed by atoms with Crippen molar-refractivity contribution in [3.63, 3.8) is 0 Å². The molecule has 0 fully saturated rings. The van der Waals surface area contributed by atoms with E-state index in [9.17, 15) is 4.79 Å². The Morgan fingerprint density at radius 1 is 1.12 bits per heavy atom. The number of aromatic amines is 1. The number of benzene rings is 1. The van der Waals surface area contributed by atoms with Crippen LogP contribution in [0.2, 0.25) is 0 Å². The Labute approximate surface area is 144 Å². The third-order valence-corrected chi connectivity index (χ3v) is 4.35. The van der Waals surface area contributed by atoms with E-state index in [1.54, 1.807) is 0 Å². The molecule has 4 rings (SSSR count). The van der Waals surface area contributed by atoms with Crippen LogP contribution in [0.1, 0.15) is 22.6 Å². The molecule has 7 nitrogen and oxygen atoms in total. The van der Waals surface area contributed by atoms with E-state index in [4.69, 9.17) is 0 Å². The number of carbonyl (C=O) groups is 1. The van der Waals surface area contributed by atoms with Crippen LogP contribution in [0, 0.1) is 27.7 Å². The zero-order chi connectivity index (χ0) is 17.7. The fraction of sp³-hybridized carbons (Fsp3) is 0.222. The topological polar surface area (TPSA) is 79.7 Å². The van der Waals surface area contributed by atoms with Gasteiger partial charge in [0.1, 0.15) is 5.69 Å². The molecule has 1 aromatic carbocycles. The summed E-state index contributed by atoms with van der Waals surface area (Å²) in [6.07, 6.45) is 0. The minimum atomic E-state index is -0.310. The predicted octanol–water partition coefficient (Wildman–Crippen LogP) is 2.81. The Balaban J connectivity index is 1.75. The van der Waals surface area contributed by atoms with E-state index in [2.05, 4.69) is 20.6 Å². The summed E-state index contributed by atoms with van der Waals surface area (Å²) in [6, 6.07) is 9.40. The van der Waals surface area contributed by atoms with Gasteiger partial charge in [-0.15, -0.1) is 4.52 Å². The number of nitrogens with one attached hydrogen (secondary N) is 2. The highest BCUT2D eigenvalue weighted by atomic mass is 16.2. The lowest BCUT2D eigenvalue weighted by atomic mass is 10.2. The first-order valence-corrected chi connectivity index (χ1v) is 8.09. The molecule has 2 N–H and O–H groups in total. The Bertz CT molecular complexity index is 1140. The van der Waals surface area contributed by atoms with Gasteiger partial charge in [0, 0.05) is 24.9 Å². The van der Waals surface area contributed by atoms with Crippen LogP contribution < -0.4 is 9.83 Å². The van der Waals surface area contributed by atoms with Crippen LogP contribution in [-0.4, -0.2) is 26.1 Å². The van der Waals surface area contributed by atoms with Gasteiger partial charge in [0.2, 0.25) is 11.2 Å². The van der Waals surface area contributed by atoms with Gasteiger partial charge in [-0.25, -0.2) is 4.79 Å². The Morgan fingerprint density at radius 2 is 1.92 bits per heavy atom. The first kappa shape index (κ1) is 15.3. The van der Waals surface area contributed by atoms with Crippen LogP contribution >= 0.6 is 0 Å². The number of hydrogen-bond donors (Lipinski definition) is 2. The normalized spacial score (nSPS) is 11.4. The SMILES string of the molecule is Cc1cc(C)[n+]2c(c1)c(C)nn2C(=O)Nc1ccc2[nH]nc(C)c2c1. The predicted molar refractivity (Wildman–Crippen MR) is 94.8 cm³/mol. The molecule has 25 heavy (non-hydrogen) atoms. The molecule has 0 saturated carbocycles. The molecule has 0 aliphatic carbocycles. The number of fused-ring (bicyclic) bond motifs is 2. The van der Waals surface area contributed by atoms with Gasteiger partial charge < -0.3 is 5.32 Å². The third kappa shape index (κ3) is 2.44. The van der Waals surface area contributed by atoms with Gasteiger partial charge in [-0.3, -0.25) is 5.10 Å². The molecule has 7 heteroatoms. The van der Waals surface area contributed by atoms with Crippen molar-refractivity contribution in [2.24, 2.45) is 0 Å². The molecule has 0 bridgehead atoms. The highest BCUT2D eigenvalue weighted by molar-refractivity contribution is 5.93. The first-order chi connectivity index (χ1) is 11.9. The van der Waals surface area contributed by atoms with Crippen LogP contribution in [0.4, 0.5) is 10.5 Å².